The second-order valence-corrected chi connectivity index (χ2v) is 5.15. The Balaban J connectivity index is 2.68. The molecule has 20 heavy (non-hydrogen) atoms. The van der Waals surface area contributed by atoms with Gasteiger partial charge < -0.3 is 9.84 Å². The fourth-order valence-corrected chi connectivity index (χ4v) is 2.97. The molecule has 2 rings (SSSR count). The molecule has 0 fully saturated rings. The Morgan fingerprint density at radius 2 is 2.05 bits per heavy atom. The van der Waals surface area contributed by atoms with E-state index < -0.39 is 5.97 Å². The highest BCUT2D eigenvalue weighted by Gasteiger charge is 2.25. The number of aryl methyl sites for hydroxylation is 2. The molecule has 0 aliphatic carbocycles. The lowest BCUT2D eigenvalue weighted by molar-refractivity contribution is 0.0687. The van der Waals surface area contributed by atoms with Crippen molar-refractivity contribution >= 4 is 23.1 Å². The molecule has 8 heteroatoms. The largest absolute Gasteiger partial charge is 0.481 e. The molecule has 2 aromatic heterocycles. The highest BCUT2D eigenvalue weighted by atomic mass is 32.1. The molecule has 0 bridgehead atoms. The third-order valence-corrected chi connectivity index (χ3v) is 3.90. The Morgan fingerprint density at radius 1 is 1.40 bits per heavy atom. The first kappa shape index (κ1) is 14.2. The molecule has 0 unspecified atom stereocenters. The first-order valence-corrected chi connectivity index (χ1v) is 6.51. The van der Waals surface area contributed by atoms with Crippen LogP contribution >= 0.6 is 11.3 Å². The van der Waals surface area contributed by atoms with Crippen LogP contribution in [0, 0.1) is 6.92 Å². The number of carbonyl (C=O) groups is 2. The molecule has 1 N–H and O–H groups in total. The van der Waals surface area contributed by atoms with Gasteiger partial charge in [0.05, 0.1) is 18.4 Å². The Bertz CT molecular complexity index is 670. The van der Waals surface area contributed by atoms with Crippen LogP contribution in [0.3, 0.4) is 0 Å². The summed E-state index contributed by atoms with van der Waals surface area (Å²) in [6, 6.07) is 0. The smallest absolute Gasteiger partial charge is 0.356 e. The number of nitrogens with zero attached hydrogens (tertiary/aromatic N) is 3. The molecule has 0 saturated carbocycles. The van der Waals surface area contributed by atoms with Gasteiger partial charge in [-0.05, 0) is 6.92 Å². The van der Waals surface area contributed by atoms with E-state index in [1.807, 2.05) is 0 Å². The molecule has 7 nitrogen and oxygen atoms in total. The number of Topliss-reactive ketones (excluding diaryl/α,β-unsaturated/α-hetero) is 1. The Kier molecular flexibility index (Phi) is 3.58. The SMILES string of the molecule is COc1c(-c2nc(C(=O)O)c(C(C)=O)s2)c(C)nn1C. The van der Waals surface area contributed by atoms with Gasteiger partial charge >= 0.3 is 5.97 Å². The first-order valence-electron chi connectivity index (χ1n) is 5.69. The third-order valence-electron chi connectivity index (χ3n) is 2.73. The van der Waals surface area contributed by atoms with Crippen molar-refractivity contribution in [1.29, 1.82) is 0 Å². The molecule has 2 aromatic rings. The van der Waals surface area contributed by atoms with Gasteiger partial charge in [0.2, 0.25) is 5.88 Å². The number of hydrogen-bond acceptors (Lipinski definition) is 6. The van der Waals surface area contributed by atoms with Crippen LogP contribution in [0.1, 0.15) is 32.8 Å². The number of aromatic carboxylic acids is 1. The van der Waals surface area contributed by atoms with Crippen LogP contribution in [-0.4, -0.2) is 38.7 Å². The van der Waals surface area contributed by atoms with E-state index in [1.165, 1.54) is 14.0 Å². The van der Waals surface area contributed by atoms with Crippen molar-refractivity contribution in [2.24, 2.45) is 7.05 Å². The highest BCUT2D eigenvalue weighted by Crippen LogP contribution is 2.36. The maximum atomic E-state index is 11.5. The first-order chi connectivity index (χ1) is 9.36. The van der Waals surface area contributed by atoms with Crippen LogP contribution in [0.5, 0.6) is 5.88 Å². The van der Waals surface area contributed by atoms with Crippen LogP contribution in [0.2, 0.25) is 0 Å². The van der Waals surface area contributed by atoms with E-state index in [4.69, 9.17) is 9.84 Å². The molecule has 0 atom stereocenters. The minimum absolute atomic E-state index is 0.123. The molecule has 0 amide bonds. The number of carboxylic acid groups (broad SMARTS) is 1. The number of methoxy groups -OCH3 is 1. The van der Waals surface area contributed by atoms with Gasteiger partial charge in [0.15, 0.2) is 11.5 Å². The Morgan fingerprint density at radius 3 is 2.50 bits per heavy atom. The molecule has 2 heterocycles. The zero-order valence-electron chi connectivity index (χ0n) is 11.4. The summed E-state index contributed by atoms with van der Waals surface area (Å²) >= 11 is 1.03. The molecule has 0 aromatic carbocycles. The minimum atomic E-state index is -1.22. The quantitative estimate of drug-likeness (QED) is 0.864. The molecule has 0 aliphatic rings. The summed E-state index contributed by atoms with van der Waals surface area (Å²) in [5.41, 5.74) is 1.03. The standard InChI is InChI=1S/C12H13N3O4S/c1-5-7(11(19-4)15(3)14-5)10-13-8(12(17)18)9(20-10)6(2)16/h1-4H3,(H,17,18). The van der Waals surface area contributed by atoms with Crippen molar-refractivity contribution in [2.75, 3.05) is 7.11 Å². The van der Waals surface area contributed by atoms with Crippen molar-refractivity contribution in [3.05, 3.63) is 16.3 Å². The lowest BCUT2D eigenvalue weighted by Crippen LogP contribution is -2.03. The van der Waals surface area contributed by atoms with Crippen LogP contribution in [-0.2, 0) is 7.05 Å². The number of hydrogen-bond donors (Lipinski definition) is 1. The topological polar surface area (TPSA) is 94.3 Å². The Hall–Kier alpha value is -2.22. The average molecular weight is 295 g/mol. The lowest BCUT2D eigenvalue weighted by atomic mass is 10.2. The highest BCUT2D eigenvalue weighted by molar-refractivity contribution is 7.17. The fraction of sp³-hybridized carbons (Fsp3) is 0.333. The van der Waals surface area contributed by atoms with Gasteiger partial charge in [0.1, 0.15) is 9.88 Å². The molecule has 0 spiro atoms. The van der Waals surface area contributed by atoms with Crippen molar-refractivity contribution in [1.82, 2.24) is 14.8 Å². The van der Waals surface area contributed by atoms with Crippen LogP contribution in [0.15, 0.2) is 0 Å². The second-order valence-electron chi connectivity index (χ2n) is 4.15. The van der Waals surface area contributed by atoms with E-state index in [-0.39, 0.29) is 16.4 Å². The van der Waals surface area contributed by atoms with Crippen molar-refractivity contribution < 1.29 is 19.4 Å². The van der Waals surface area contributed by atoms with Crippen LogP contribution < -0.4 is 4.74 Å². The van der Waals surface area contributed by atoms with Crippen LogP contribution in [0.25, 0.3) is 10.6 Å². The summed E-state index contributed by atoms with van der Waals surface area (Å²) in [7, 11) is 3.21. The summed E-state index contributed by atoms with van der Waals surface area (Å²) < 4.78 is 6.80. The number of ketones is 1. The van der Waals surface area contributed by atoms with Gasteiger partial charge in [0, 0.05) is 14.0 Å². The normalized spacial score (nSPS) is 10.6. The van der Waals surface area contributed by atoms with Crippen molar-refractivity contribution in [2.45, 2.75) is 13.8 Å². The molecule has 106 valence electrons. The lowest BCUT2D eigenvalue weighted by Gasteiger charge is -2.01. The number of carboxylic acids is 1. The molecular formula is C12H13N3O4S. The maximum Gasteiger partial charge on any atom is 0.356 e. The molecule has 0 aliphatic heterocycles. The summed E-state index contributed by atoms with van der Waals surface area (Å²) in [5, 5.41) is 13.7. The number of thiazole rings is 1. The van der Waals surface area contributed by atoms with E-state index in [0.717, 1.165) is 11.3 Å². The summed E-state index contributed by atoms with van der Waals surface area (Å²) in [6.45, 7) is 3.09. The van der Waals surface area contributed by atoms with Gasteiger partial charge in [0.25, 0.3) is 0 Å². The monoisotopic (exact) mass is 295 g/mol. The summed E-state index contributed by atoms with van der Waals surface area (Å²) in [6.07, 6.45) is 0. The maximum absolute atomic E-state index is 11.5. The molecule has 0 radical (unpaired) electrons. The van der Waals surface area contributed by atoms with E-state index in [0.29, 0.717) is 22.1 Å². The molecule has 0 saturated heterocycles. The summed E-state index contributed by atoms with van der Waals surface area (Å²) in [5.74, 6) is -1.08. The number of carbonyl (C=O) groups excluding carboxylic acids is 1. The fourth-order valence-electron chi connectivity index (χ4n) is 1.93. The predicted octanol–water partition coefficient (Wildman–Crippen LogP) is 1.76. The Labute approximate surface area is 118 Å². The van der Waals surface area contributed by atoms with Gasteiger partial charge in [-0.2, -0.15) is 5.10 Å². The zero-order valence-corrected chi connectivity index (χ0v) is 12.2. The number of aromatic nitrogens is 3. The zero-order chi connectivity index (χ0) is 15.0. The predicted molar refractivity (Wildman–Crippen MR) is 72.6 cm³/mol. The van der Waals surface area contributed by atoms with Gasteiger partial charge in [-0.15, -0.1) is 11.3 Å². The van der Waals surface area contributed by atoms with E-state index in [1.54, 1.807) is 18.7 Å². The van der Waals surface area contributed by atoms with Gasteiger partial charge in [-0.3, -0.25) is 4.79 Å². The van der Waals surface area contributed by atoms with E-state index >= 15 is 0 Å². The average Bonchev–Trinajstić information content (AvgIpc) is 2.89. The molecular weight excluding hydrogens is 282 g/mol. The number of rotatable bonds is 4. The number of ether oxygens (including phenoxy) is 1. The summed E-state index contributed by atoms with van der Waals surface area (Å²) in [4.78, 5) is 26.8. The van der Waals surface area contributed by atoms with E-state index in [2.05, 4.69) is 10.1 Å². The van der Waals surface area contributed by atoms with Crippen molar-refractivity contribution in [3.63, 3.8) is 0 Å². The second kappa shape index (κ2) is 5.04. The third kappa shape index (κ3) is 2.18. The van der Waals surface area contributed by atoms with Crippen LogP contribution in [0.4, 0.5) is 0 Å². The van der Waals surface area contributed by atoms with Crippen molar-refractivity contribution in [3.8, 4) is 16.5 Å². The minimum Gasteiger partial charge on any atom is -0.481 e. The van der Waals surface area contributed by atoms with E-state index in [9.17, 15) is 9.59 Å². The van der Waals surface area contributed by atoms with Gasteiger partial charge in [-0.1, -0.05) is 0 Å². The van der Waals surface area contributed by atoms with Gasteiger partial charge in [-0.25, -0.2) is 14.5 Å².